The lowest BCUT2D eigenvalue weighted by Crippen LogP contribution is -2.53. The molecule has 2 N–H and O–H groups in total. The first kappa shape index (κ1) is 22.8. The molecule has 0 spiro atoms. The van der Waals surface area contributed by atoms with Crippen molar-refractivity contribution in [2.45, 2.75) is 124 Å². The van der Waals surface area contributed by atoms with Gasteiger partial charge in [0.1, 0.15) is 0 Å². The first-order chi connectivity index (χ1) is 14.0. The molecule has 2 heteroatoms. The summed E-state index contributed by atoms with van der Waals surface area (Å²) in [7, 11) is 0. The Hall–Kier alpha value is -0.340. The highest BCUT2D eigenvalue weighted by Gasteiger charge is 2.62. The average molecular weight is 417 g/mol. The van der Waals surface area contributed by atoms with Crippen LogP contribution in [0.3, 0.4) is 0 Å². The zero-order valence-electron chi connectivity index (χ0n) is 20.6. The van der Waals surface area contributed by atoms with Gasteiger partial charge in [0, 0.05) is 0 Å². The first-order valence-corrected chi connectivity index (χ1v) is 13.1. The lowest BCUT2D eigenvalue weighted by molar-refractivity contribution is -0.0607. The summed E-state index contributed by atoms with van der Waals surface area (Å²) in [5.74, 6) is 2.69. The molecule has 2 saturated carbocycles. The zero-order valence-corrected chi connectivity index (χ0v) is 20.6. The van der Waals surface area contributed by atoms with E-state index in [4.69, 9.17) is 0 Å². The van der Waals surface area contributed by atoms with Gasteiger partial charge in [-0.3, -0.25) is 0 Å². The SMILES string of the molecule is CC(C)CCC[C@@H](C)[C@H]1CC[C@@]2(C)C3=C(CC[C@]12C)[C@@]1(C)CCC(O)CC1C(O)C3. The lowest BCUT2D eigenvalue weighted by atomic mass is 9.46. The molecule has 0 aliphatic heterocycles. The summed E-state index contributed by atoms with van der Waals surface area (Å²) in [5.41, 5.74) is 4.09. The molecule has 2 nitrogen and oxygen atoms in total. The van der Waals surface area contributed by atoms with E-state index in [0.717, 1.165) is 43.4 Å². The van der Waals surface area contributed by atoms with Crippen LogP contribution in [0.4, 0.5) is 0 Å². The Morgan fingerprint density at radius 1 is 0.933 bits per heavy atom. The Labute approximate surface area is 185 Å². The highest BCUT2D eigenvalue weighted by atomic mass is 16.3. The number of allylic oxidation sites excluding steroid dienone is 1. The van der Waals surface area contributed by atoms with Gasteiger partial charge in [0.05, 0.1) is 12.2 Å². The number of aliphatic hydroxyl groups excluding tert-OH is 2. The Morgan fingerprint density at radius 2 is 1.67 bits per heavy atom. The largest absolute Gasteiger partial charge is 0.393 e. The molecule has 0 aromatic heterocycles. The van der Waals surface area contributed by atoms with E-state index < -0.39 is 0 Å². The molecule has 4 aliphatic carbocycles. The Morgan fingerprint density at radius 3 is 2.37 bits per heavy atom. The summed E-state index contributed by atoms with van der Waals surface area (Å²) in [4.78, 5) is 0. The molecule has 172 valence electrons. The number of aliphatic hydroxyl groups is 2. The fraction of sp³-hybridized carbons (Fsp3) is 0.929. The number of hydrogen-bond donors (Lipinski definition) is 2. The maximum atomic E-state index is 11.2. The highest BCUT2D eigenvalue weighted by Crippen LogP contribution is 2.71. The highest BCUT2D eigenvalue weighted by molar-refractivity contribution is 5.39. The van der Waals surface area contributed by atoms with Gasteiger partial charge in [-0.15, -0.1) is 0 Å². The summed E-state index contributed by atoms with van der Waals surface area (Å²) in [6.07, 6.45) is 12.4. The molecule has 2 fully saturated rings. The molecule has 30 heavy (non-hydrogen) atoms. The van der Waals surface area contributed by atoms with E-state index in [1.54, 1.807) is 11.1 Å². The van der Waals surface area contributed by atoms with Crippen molar-refractivity contribution in [1.82, 2.24) is 0 Å². The average Bonchev–Trinajstić information content (AvgIpc) is 2.95. The van der Waals surface area contributed by atoms with Gasteiger partial charge >= 0.3 is 0 Å². The van der Waals surface area contributed by atoms with Gasteiger partial charge in [-0.2, -0.15) is 0 Å². The molecule has 4 aliphatic rings. The second kappa shape index (κ2) is 7.91. The molecular weight excluding hydrogens is 368 g/mol. The van der Waals surface area contributed by atoms with Crippen LogP contribution in [-0.4, -0.2) is 22.4 Å². The normalized spacial score (nSPS) is 47.1. The number of fused-ring (bicyclic) bond motifs is 4. The van der Waals surface area contributed by atoms with Gasteiger partial charge in [0.15, 0.2) is 0 Å². The van der Waals surface area contributed by atoms with E-state index in [1.807, 2.05) is 0 Å². The smallest absolute Gasteiger partial charge is 0.0615 e. The first-order valence-electron chi connectivity index (χ1n) is 13.1. The zero-order chi connectivity index (χ0) is 21.9. The van der Waals surface area contributed by atoms with Crippen molar-refractivity contribution in [2.75, 3.05) is 0 Å². The Bertz CT molecular complexity index is 680. The monoisotopic (exact) mass is 416 g/mol. The molecule has 0 bridgehead atoms. The summed E-state index contributed by atoms with van der Waals surface area (Å²) in [6, 6.07) is 0. The van der Waals surface area contributed by atoms with Gasteiger partial charge in [-0.05, 0) is 91.3 Å². The fourth-order valence-electron chi connectivity index (χ4n) is 8.85. The third-order valence-corrected chi connectivity index (χ3v) is 11.0. The minimum atomic E-state index is -0.273. The number of hydrogen-bond acceptors (Lipinski definition) is 2. The Balaban J connectivity index is 1.62. The lowest BCUT2D eigenvalue weighted by Gasteiger charge is -2.59. The van der Waals surface area contributed by atoms with Gasteiger partial charge in [0.2, 0.25) is 0 Å². The molecule has 0 saturated heterocycles. The van der Waals surface area contributed by atoms with Crippen LogP contribution in [0.25, 0.3) is 0 Å². The van der Waals surface area contributed by atoms with E-state index in [2.05, 4.69) is 41.5 Å². The van der Waals surface area contributed by atoms with Gasteiger partial charge in [-0.25, -0.2) is 0 Å². The second-order valence-corrected chi connectivity index (χ2v) is 12.9. The van der Waals surface area contributed by atoms with Crippen LogP contribution in [-0.2, 0) is 0 Å². The summed E-state index contributed by atoms with van der Waals surface area (Å²) in [6.45, 7) is 14.8. The molecule has 3 unspecified atom stereocenters. The summed E-state index contributed by atoms with van der Waals surface area (Å²) >= 11 is 0. The van der Waals surface area contributed by atoms with Crippen molar-refractivity contribution >= 4 is 0 Å². The second-order valence-electron chi connectivity index (χ2n) is 12.9. The van der Waals surface area contributed by atoms with Crippen LogP contribution >= 0.6 is 0 Å². The van der Waals surface area contributed by atoms with Crippen molar-refractivity contribution in [3.63, 3.8) is 0 Å². The molecule has 0 radical (unpaired) electrons. The van der Waals surface area contributed by atoms with Gasteiger partial charge < -0.3 is 10.2 Å². The van der Waals surface area contributed by atoms with E-state index in [1.165, 1.54) is 44.9 Å². The summed E-state index contributed by atoms with van der Waals surface area (Å²) < 4.78 is 0. The van der Waals surface area contributed by atoms with E-state index in [0.29, 0.717) is 5.41 Å². The molecular formula is C28H48O2. The molecule has 0 aromatic carbocycles. The minimum absolute atomic E-state index is 0.109. The molecule has 0 heterocycles. The van der Waals surface area contributed by atoms with Crippen LogP contribution in [0.2, 0.25) is 0 Å². The van der Waals surface area contributed by atoms with E-state index >= 15 is 0 Å². The Kier molecular flexibility index (Phi) is 6.02. The maximum Gasteiger partial charge on any atom is 0.0615 e. The number of rotatable bonds is 5. The molecule has 8 atom stereocenters. The standard InChI is InChI=1S/C28H48O2/c1-18(2)8-7-9-19(3)21-11-14-28(6)23-17-25(30)24-16-20(29)10-13-26(24,4)22(23)12-15-27(21,28)5/h18-21,24-25,29-30H,7-17H2,1-6H3/t19-,20?,21-,24?,25?,26-,27-,28+/m1/s1. The van der Waals surface area contributed by atoms with E-state index in [9.17, 15) is 10.2 Å². The summed E-state index contributed by atoms with van der Waals surface area (Å²) in [5, 5.41) is 21.5. The van der Waals surface area contributed by atoms with Crippen LogP contribution in [0.15, 0.2) is 11.1 Å². The van der Waals surface area contributed by atoms with Gasteiger partial charge in [0.25, 0.3) is 0 Å². The maximum absolute atomic E-state index is 11.2. The van der Waals surface area contributed by atoms with Crippen molar-refractivity contribution in [3.05, 3.63) is 11.1 Å². The molecule has 0 aromatic rings. The minimum Gasteiger partial charge on any atom is -0.393 e. The fourth-order valence-corrected chi connectivity index (χ4v) is 8.85. The predicted octanol–water partition coefficient (Wildman–Crippen LogP) is 6.89. The van der Waals surface area contributed by atoms with Crippen LogP contribution in [0.5, 0.6) is 0 Å². The van der Waals surface area contributed by atoms with Crippen molar-refractivity contribution in [1.29, 1.82) is 0 Å². The van der Waals surface area contributed by atoms with Gasteiger partial charge in [-0.1, -0.05) is 72.0 Å². The topological polar surface area (TPSA) is 40.5 Å². The van der Waals surface area contributed by atoms with E-state index in [-0.39, 0.29) is 29.0 Å². The van der Waals surface area contributed by atoms with Crippen LogP contribution in [0.1, 0.15) is 112 Å². The quantitative estimate of drug-likeness (QED) is 0.479. The molecule has 4 rings (SSSR count). The third kappa shape index (κ3) is 3.35. The predicted molar refractivity (Wildman–Crippen MR) is 125 cm³/mol. The molecule has 0 amide bonds. The van der Waals surface area contributed by atoms with Crippen LogP contribution < -0.4 is 0 Å². The van der Waals surface area contributed by atoms with Crippen molar-refractivity contribution in [2.24, 2.45) is 39.9 Å². The third-order valence-electron chi connectivity index (χ3n) is 11.0. The van der Waals surface area contributed by atoms with Crippen molar-refractivity contribution < 1.29 is 10.2 Å². The van der Waals surface area contributed by atoms with Crippen molar-refractivity contribution in [3.8, 4) is 0 Å². The van der Waals surface area contributed by atoms with Crippen LogP contribution in [0, 0.1) is 39.9 Å².